The highest BCUT2D eigenvalue weighted by Crippen LogP contribution is 2.19. The lowest BCUT2D eigenvalue weighted by molar-refractivity contribution is 0.249. The van der Waals surface area contributed by atoms with Crippen molar-refractivity contribution >= 4 is 17.5 Å². The molecule has 1 aliphatic rings. The van der Waals surface area contributed by atoms with E-state index in [-0.39, 0.29) is 12.1 Å². The maximum atomic E-state index is 11.9. The Morgan fingerprint density at radius 1 is 1.24 bits per heavy atom. The van der Waals surface area contributed by atoms with Crippen molar-refractivity contribution in [1.82, 2.24) is 15.3 Å². The molecule has 0 bridgehead atoms. The van der Waals surface area contributed by atoms with Crippen LogP contribution < -0.4 is 15.5 Å². The first-order chi connectivity index (χ1) is 10.3. The number of nitrogens with zero attached hydrogens (tertiary/aromatic N) is 3. The molecule has 1 unspecified atom stereocenters. The van der Waals surface area contributed by atoms with Gasteiger partial charge in [-0.15, -0.1) is 0 Å². The van der Waals surface area contributed by atoms with E-state index in [2.05, 4.69) is 37.6 Å². The van der Waals surface area contributed by atoms with Crippen LogP contribution in [0.4, 0.5) is 16.3 Å². The zero-order valence-electron chi connectivity index (χ0n) is 11.6. The molecule has 0 spiro atoms. The van der Waals surface area contributed by atoms with Gasteiger partial charge >= 0.3 is 6.03 Å². The van der Waals surface area contributed by atoms with E-state index in [1.807, 2.05) is 18.2 Å². The fourth-order valence-corrected chi connectivity index (χ4v) is 2.45. The van der Waals surface area contributed by atoms with Crippen LogP contribution in [0, 0.1) is 0 Å². The highest BCUT2D eigenvalue weighted by atomic mass is 16.2. The Hall–Kier alpha value is -2.63. The number of aromatic nitrogens is 2. The maximum Gasteiger partial charge on any atom is 0.320 e. The standard InChI is InChI=1S/C15H17N5O/c21-15(19-14-10-16-7-8-17-14)18-12-6-9-20(11-12)13-4-2-1-3-5-13/h1-5,7-8,10,12H,6,9,11H2,(H2,17,18,19,21). The fourth-order valence-electron chi connectivity index (χ4n) is 2.45. The van der Waals surface area contributed by atoms with Gasteiger partial charge in [0.2, 0.25) is 0 Å². The van der Waals surface area contributed by atoms with E-state index in [9.17, 15) is 4.79 Å². The average Bonchev–Trinajstić information content (AvgIpc) is 2.97. The zero-order chi connectivity index (χ0) is 14.5. The van der Waals surface area contributed by atoms with Crippen molar-refractivity contribution in [3.63, 3.8) is 0 Å². The number of carbonyl (C=O) groups is 1. The lowest BCUT2D eigenvalue weighted by Gasteiger charge is -2.19. The molecule has 0 aliphatic carbocycles. The summed E-state index contributed by atoms with van der Waals surface area (Å²) in [6.45, 7) is 1.76. The lowest BCUT2D eigenvalue weighted by Crippen LogP contribution is -2.39. The Bertz CT molecular complexity index is 590. The monoisotopic (exact) mass is 283 g/mol. The van der Waals surface area contributed by atoms with Gasteiger partial charge in [0, 0.05) is 37.2 Å². The molecule has 1 aromatic heterocycles. The average molecular weight is 283 g/mol. The van der Waals surface area contributed by atoms with Gasteiger partial charge in [-0.05, 0) is 18.6 Å². The second kappa shape index (κ2) is 6.21. The minimum atomic E-state index is -0.240. The van der Waals surface area contributed by atoms with Gasteiger partial charge < -0.3 is 10.2 Å². The number of anilines is 2. The van der Waals surface area contributed by atoms with E-state index in [0.717, 1.165) is 19.5 Å². The number of hydrogen-bond donors (Lipinski definition) is 2. The van der Waals surface area contributed by atoms with Crippen LogP contribution in [0.25, 0.3) is 0 Å². The predicted octanol–water partition coefficient (Wildman–Crippen LogP) is 1.88. The van der Waals surface area contributed by atoms with Gasteiger partial charge in [0.1, 0.15) is 0 Å². The van der Waals surface area contributed by atoms with E-state index in [1.54, 1.807) is 12.4 Å². The van der Waals surface area contributed by atoms with Crippen molar-refractivity contribution in [2.75, 3.05) is 23.3 Å². The van der Waals surface area contributed by atoms with Crippen molar-refractivity contribution in [2.45, 2.75) is 12.5 Å². The molecule has 108 valence electrons. The molecule has 6 nitrogen and oxygen atoms in total. The number of rotatable bonds is 3. The summed E-state index contributed by atoms with van der Waals surface area (Å²) < 4.78 is 0. The first-order valence-electron chi connectivity index (χ1n) is 6.95. The van der Waals surface area contributed by atoms with Crippen molar-refractivity contribution in [1.29, 1.82) is 0 Å². The van der Waals surface area contributed by atoms with E-state index in [1.165, 1.54) is 11.9 Å². The largest absolute Gasteiger partial charge is 0.369 e. The molecule has 1 saturated heterocycles. The van der Waals surface area contributed by atoms with E-state index >= 15 is 0 Å². The van der Waals surface area contributed by atoms with Crippen LogP contribution in [0.5, 0.6) is 0 Å². The van der Waals surface area contributed by atoms with Crippen molar-refractivity contribution in [2.24, 2.45) is 0 Å². The molecule has 0 radical (unpaired) electrons. The fraction of sp³-hybridized carbons (Fsp3) is 0.267. The van der Waals surface area contributed by atoms with Gasteiger partial charge in [-0.1, -0.05) is 18.2 Å². The number of nitrogens with one attached hydrogen (secondary N) is 2. The van der Waals surface area contributed by atoms with Crippen LogP contribution in [0.1, 0.15) is 6.42 Å². The van der Waals surface area contributed by atoms with Gasteiger partial charge in [-0.25, -0.2) is 9.78 Å². The highest BCUT2D eigenvalue weighted by molar-refractivity contribution is 5.88. The summed E-state index contributed by atoms with van der Waals surface area (Å²) in [6, 6.07) is 10.1. The number of carbonyl (C=O) groups excluding carboxylic acids is 1. The van der Waals surface area contributed by atoms with Gasteiger partial charge in [0.05, 0.1) is 6.20 Å². The molecule has 3 rings (SSSR count). The number of para-hydroxylation sites is 1. The Labute approximate surface area is 123 Å². The topological polar surface area (TPSA) is 70.1 Å². The molecule has 0 saturated carbocycles. The molecule has 1 atom stereocenters. The van der Waals surface area contributed by atoms with E-state index in [0.29, 0.717) is 5.82 Å². The second-order valence-electron chi connectivity index (χ2n) is 4.96. The first kappa shape index (κ1) is 13.4. The third-order valence-electron chi connectivity index (χ3n) is 3.45. The predicted molar refractivity (Wildman–Crippen MR) is 81.2 cm³/mol. The molecule has 1 aromatic carbocycles. The normalized spacial score (nSPS) is 17.5. The molecule has 1 fully saturated rings. The summed E-state index contributed by atoms with van der Waals surface area (Å²) in [5.41, 5.74) is 1.19. The van der Waals surface area contributed by atoms with Crippen LogP contribution in [0.15, 0.2) is 48.9 Å². The molecule has 6 heteroatoms. The minimum Gasteiger partial charge on any atom is -0.369 e. The third kappa shape index (κ3) is 3.47. The number of amides is 2. The number of hydrogen-bond acceptors (Lipinski definition) is 4. The molecular formula is C15H17N5O. The zero-order valence-corrected chi connectivity index (χ0v) is 11.6. The van der Waals surface area contributed by atoms with Gasteiger partial charge in [-0.2, -0.15) is 0 Å². The van der Waals surface area contributed by atoms with Crippen molar-refractivity contribution in [3.05, 3.63) is 48.9 Å². The van der Waals surface area contributed by atoms with Gasteiger partial charge in [-0.3, -0.25) is 10.3 Å². The van der Waals surface area contributed by atoms with Crippen LogP contribution in [-0.4, -0.2) is 35.1 Å². The molecule has 2 heterocycles. The van der Waals surface area contributed by atoms with E-state index in [4.69, 9.17) is 0 Å². The maximum absolute atomic E-state index is 11.9. The molecule has 2 amide bonds. The highest BCUT2D eigenvalue weighted by Gasteiger charge is 2.23. The lowest BCUT2D eigenvalue weighted by atomic mass is 10.3. The Morgan fingerprint density at radius 2 is 2.10 bits per heavy atom. The Kier molecular flexibility index (Phi) is 3.95. The molecule has 21 heavy (non-hydrogen) atoms. The summed E-state index contributed by atoms with van der Waals surface area (Å²) in [4.78, 5) is 22.1. The third-order valence-corrected chi connectivity index (χ3v) is 3.45. The van der Waals surface area contributed by atoms with Crippen LogP contribution in [0.2, 0.25) is 0 Å². The second-order valence-corrected chi connectivity index (χ2v) is 4.96. The summed E-state index contributed by atoms with van der Waals surface area (Å²) in [5.74, 6) is 0.452. The van der Waals surface area contributed by atoms with Crippen LogP contribution >= 0.6 is 0 Å². The van der Waals surface area contributed by atoms with Gasteiger partial charge in [0.25, 0.3) is 0 Å². The van der Waals surface area contributed by atoms with Gasteiger partial charge in [0.15, 0.2) is 5.82 Å². The van der Waals surface area contributed by atoms with Crippen molar-refractivity contribution in [3.8, 4) is 0 Å². The first-order valence-corrected chi connectivity index (χ1v) is 6.95. The SMILES string of the molecule is O=C(Nc1cnccn1)NC1CCN(c2ccccc2)C1. The summed E-state index contributed by atoms with van der Waals surface area (Å²) in [6.07, 6.45) is 5.56. The number of benzene rings is 1. The summed E-state index contributed by atoms with van der Waals surface area (Å²) >= 11 is 0. The Balaban J connectivity index is 1.52. The quantitative estimate of drug-likeness (QED) is 0.902. The molecule has 2 aromatic rings. The van der Waals surface area contributed by atoms with Crippen molar-refractivity contribution < 1.29 is 4.79 Å². The molecular weight excluding hydrogens is 266 g/mol. The minimum absolute atomic E-state index is 0.141. The smallest absolute Gasteiger partial charge is 0.320 e. The summed E-state index contributed by atoms with van der Waals surface area (Å²) in [7, 11) is 0. The van der Waals surface area contributed by atoms with Crippen LogP contribution in [-0.2, 0) is 0 Å². The molecule has 2 N–H and O–H groups in total. The number of urea groups is 1. The molecule has 1 aliphatic heterocycles. The summed E-state index contributed by atoms with van der Waals surface area (Å²) in [5, 5.41) is 5.65. The Morgan fingerprint density at radius 3 is 2.86 bits per heavy atom. The van der Waals surface area contributed by atoms with E-state index < -0.39 is 0 Å². The van der Waals surface area contributed by atoms with Crippen LogP contribution in [0.3, 0.4) is 0 Å².